The molecule has 1 aliphatic carbocycles. The average Bonchev–Trinajstić information content (AvgIpc) is 3.41. The molecule has 0 radical (unpaired) electrons. The van der Waals surface area contributed by atoms with Crippen molar-refractivity contribution in [2.75, 3.05) is 5.75 Å². The van der Waals surface area contributed by atoms with E-state index < -0.39 is 6.04 Å². The maximum absolute atomic E-state index is 13.8. The Bertz CT molecular complexity index is 1170. The largest absolute Gasteiger partial charge is 0.352 e. The highest BCUT2D eigenvalue weighted by Crippen LogP contribution is 2.22. The van der Waals surface area contributed by atoms with Gasteiger partial charge >= 0.3 is 0 Å². The zero-order chi connectivity index (χ0) is 26.0. The van der Waals surface area contributed by atoms with E-state index in [0.29, 0.717) is 18.7 Å². The van der Waals surface area contributed by atoms with Crippen LogP contribution in [0.1, 0.15) is 42.4 Å². The fourth-order valence-electron chi connectivity index (χ4n) is 4.67. The molecule has 1 unspecified atom stereocenters. The van der Waals surface area contributed by atoms with E-state index in [0.717, 1.165) is 51.5 Å². The van der Waals surface area contributed by atoms with Crippen LogP contribution in [0, 0.1) is 0 Å². The SMILES string of the molecule is O=C(NC1CCCC1)C(Cc1ccccc1)N(Cc1cccc(Br)c1)C(=O)CSCc1ccc(Br)cc1. The van der Waals surface area contributed by atoms with Crippen LogP contribution in [0.4, 0.5) is 0 Å². The fraction of sp³-hybridized carbons (Fsp3) is 0.333. The molecule has 1 atom stereocenters. The number of carbonyl (C=O) groups excluding carboxylic acids is 2. The molecule has 0 heterocycles. The van der Waals surface area contributed by atoms with Crippen LogP contribution in [0.2, 0.25) is 0 Å². The molecule has 0 aromatic heterocycles. The predicted molar refractivity (Wildman–Crippen MR) is 159 cm³/mol. The lowest BCUT2D eigenvalue weighted by Crippen LogP contribution is -2.52. The van der Waals surface area contributed by atoms with Crippen LogP contribution in [-0.2, 0) is 28.3 Å². The maximum atomic E-state index is 13.8. The van der Waals surface area contributed by atoms with Crippen molar-refractivity contribution in [2.24, 2.45) is 0 Å². The van der Waals surface area contributed by atoms with Crippen LogP contribution < -0.4 is 5.32 Å². The van der Waals surface area contributed by atoms with Gasteiger partial charge in [0.15, 0.2) is 0 Å². The Morgan fingerprint density at radius 2 is 1.57 bits per heavy atom. The minimum atomic E-state index is -0.581. The summed E-state index contributed by atoms with van der Waals surface area (Å²) < 4.78 is 1.99. The van der Waals surface area contributed by atoms with E-state index in [2.05, 4.69) is 49.3 Å². The highest BCUT2D eigenvalue weighted by atomic mass is 79.9. The number of nitrogens with one attached hydrogen (secondary N) is 1. The van der Waals surface area contributed by atoms with Crippen molar-refractivity contribution >= 4 is 55.4 Å². The minimum absolute atomic E-state index is 0.0235. The number of thioether (sulfide) groups is 1. The van der Waals surface area contributed by atoms with E-state index in [1.165, 1.54) is 5.56 Å². The third-order valence-electron chi connectivity index (χ3n) is 6.62. The molecular formula is C30H32Br2N2O2S. The van der Waals surface area contributed by atoms with Crippen molar-refractivity contribution in [3.8, 4) is 0 Å². The third-order valence-corrected chi connectivity index (χ3v) is 8.63. The van der Waals surface area contributed by atoms with E-state index in [9.17, 15) is 9.59 Å². The summed E-state index contributed by atoms with van der Waals surface area (Å²) >= 11 is 8.60. The monoisotopic (exact) mass is 642 g/mol. The number of rotatable bonds is 11. The Balaban J connectivity index is 1.56. The first-order valence-electron chi connectivity index (χ1n) is 12.7. The smallest absolute Gasteiger partial charge is 0.243 e. The highest BCUT2D eigenvalue weighted by molar-refractivity contribution is 9.10. The summed E-state index contributed by atoms with van der Waals surface area (Å²) in [6.07, 6.45) is 4.78. The Kier molecular flexibility index (Phi) is 10.7. The Morgan fingerprint density at radius 3 is 2.27 bits per heavy atom. The van der Waals surface area contributed by atoms with Crippen molar-refractivity contribution < 1.29 is 9.59 Å². The third kappa shape index (κ3) is 8.72. The molecule has 1 aliphatic rings. The van der Waals surface area contributed by atoms with Crippen LogP contribution >= 0.6 is 43.6 Å². The summed E-state index contributed by atoms with van der Waals surface area (Å²) in [7, 11) is 0. The number of hydrogen-bond donors (Lipinski definition) is 1. The lowest BCUT2D eigenvalue weighted by atomic mass is 10.0. The molecular weight excluding hydrogens is 612 g/mol. The van der Waals surface area contributed by atoms with Crippen LogP contribution in [0.5, 0.6) is 0 Å². The lowest BCUT2D eigenvalue weighted by Gasteiger charge is -2.32. The van der Waals surface area contributed by atoms with Gasteiger partial charge in [0.25, 0.3) is 0 Å². The lowest BCUT2D eigenvalue weighted by molar-refractivity contribution is -0.139. The topological polar surface area (TPSA) is 49.4 Å². The quantitative estimate of drug-likeness (QED) is 0.242. The summed E-state index contributed by atoms with van der Waals surface area (Å²) in [5, 5.41) is 3.27. The molecule has 2 amide bonds. The number of carbonyl (C=O) groups is 2. The van der Waals surface area contributed by atoms with Crippen LogP contribution in [-0.4, -0.2) is 34.6 Å². The zero-order valence-electron chi connectivity index (χ0n) is 20.7. The van der Waals surface area contributed by atoms with E-state index in [-0.39, 0.29) is 17.9 Å². The van der Waals surface area contributed by atoms with Crippen LogP contribution in [0.15, 0.2) is 87.8 Å². The normalized spacial score (nSPS) is 14.3. The Morgan fingerprint density at radius 1 is 0.865 bits per heavy atom. The molecule has 7 heteroatoms. The molecule has 4 nitrogen and oxygen atoms in total. The van der Waals surface area contributed by atoms with Gasteiger partial charge in [0, 0.05) is 33.7 Å². The van der Waals surface area contributed by atoms with Gasteiger partial charge in [-0.2, -0.15) is 0 Å². The molecule has 0 aliphatic heterocycles. The summed E-state index contributed by atoms with van der Waals surface area (Å²) in [4.78, 5) is 29.2. The molecule has 3 aromatic carbocycles. The highest BCUT2D eigenvalue weighted by Gasteiger charge is 2.32. The number of halogens is 2. The summed E-state index contributed by atoms with van der Waals surface area (Å²) in [5.41, 5.74) is 3.20. The van der Waals surface area contributed by atoms with Gasteiger partial charge in [-0.1, -0.05) is 99.3 Å². The summed E-state index contributed by atoms with van der Waals surface area (Å²) in [6, 6.07) is 25.7. The van der Waals surface area contributed by atoms with Gasteiger partial charge < -0.3 is 10.2 Å². The summed E-state index contributed by atoms with van der Waals surface area (Å²) in [5.74, 6) is 0.967. The first-order chi connectivity index (χ1) is 18.0. The molecule has 4 rings (SSSR count). The Hall–Kier alpha value is -2.09. The zero-order valence-corrected chi connectivity index (χ0v) is 24.7. The standard InChI is InChI=1S/C30H32Br2N2O2S/c31-25-15-13-23(14-16-25)20-37-21-29(35)34(19-24-9-6-10-26(32)17-24)28(18-22-7-2-1-3-8-22)30(36)33-27-11-4-5-12-27/h1-3,6-10,13-17,27-28H,4-5,11-12,18-21H2,(H,33,36). The molecule has 3 aromatic rings. The Labute approximate surface area is 240 Å². The van der Waals surface area contributed by atoms with Crippen molar-refractivity contribution in [3.05, 3.63) is 104 Å². The number of hydrogen-bond acceptors (Lipinski definition) is 3. The van der Waals surface area contributed by atoms with E-state index in [1.807, 2.05) is 66.7 Å². The van der Waals surface area contributed by atoms with Crippen molar-refractivity contribution in [3.63, 3.8) is 0 Å². The maximum Gasteiger partial charge on any atom is 0.243 e. The van der Waals surface area contributed by atoms with Gasteiger partial charge in [-0.05, 0) is 53.8 Å². The average molecular weight is 644 g/mol. The molecule has 1 fully saturated rings. The fourth-order valence-corrected chi connectivity index (χ4v) is 6.25. The van der Waals surface area contributed by atoms with Crippen molar-refractivity contribution in [1.82, 2.24) is 10.2 Å². The predicted octanol–water partition coefficient (Wildman–Crippen LogP) is 7.14. The van der Waals surface area contributed by atoms with Crippen molar-refractivity contribution in [2.45, 2.75) is 56.5 Å². The number of amides is 2. The molecule has 0 bridgehead atoms. The van der Waals surface area contributed by atoms with Crippen molar-refractivity contribution in [1.29, 1.82) is 0 Å². The van der Waals surface area contributed by atoms with Gasteiger partial charge in [-0.3, -0.25) is 9.59 Å². The molecule has 1 saturated carbocycles. The second kappa shape index (κ2) is 14.2. The van der Waals surface area contributed by atoms with E-state index in [4.69, 9.17) is 0 Å². The number of nitrogens with zero attached hydrogens (tertiary/aromatic N) is 1. The molecule has 0 saturated heterocycles. The molecule has 194 valence electrons. The number of benzene rings is 3. The van der Waals surface area contributed by atoms with Gasteiger partial charge in [0.2, 0.25) is 11.8 Å². The molecule has 1 N–H and O–H groups in total. The summed E-state index contributed by atoms with van der Waals surface area (Å²) in [6.45, 7) is 0.382. The van der Waals surface area contributed by atoms with E-state index >= 15 is 0 Å². The van der Waals surface area contributed by atoms with Gasteiger partial charge in [-0.15, -0.1) is 11.8 Å². The van der Waals surface area contributed by atoms with Gasteiger partial charge in [-0.25, -0.2) is 0 Å². The van der Waals surface area contributed by atoms with Crippen LogP contribution in [0.3, 0.4) is 0 Å². The minimum Gasteiger partial charge on any atom is -0.352 e. The second-order valence-corrected chi connectivity index (χ2v) is 12.3. The first-order valence-corrected chi connectivity index (χ1v) is 15.4. The second-order valence-electron chi connectivity index (χ2n) is 9.47. The van der Waals surface area contributed by atoms with Crippen LogP contribution in [0.25, 0.3) is 0 Å². The molecule has 0 spiro atoms. The van der Waals surface area contributed by atoms with E-state index in [1.54, 1.807) is 16.7 Å². The van der Waals surface area contributed by atoms with Gasteiger partial charge in [0.1, 0.15) is 6.04 Å². The first kappa shape index (κ1) is 27.9. The van der Waals surface area contributed by atoms with Gasteiger partial charge in [0.05, 0.1) is 5.75 Å². The molecule has 37 heavy (non-hydrogen) atoms.